The number of carbonyl (C=O) groups is 2. The van der Waals surface area contributed by atoms with Crippen LogP contribution in [0.3, 0.4) is 0 Å². The van der Waals surface area contributed by atoms with E-state index in [2.05, 4.69) is 12.2 Å². The molecule has 88 valence electrons. The van der Waals surface area contributed by atoms with Gasteiger partial charge in [-0.1, -0.05) is 12.2 Å². The molecule has 2 bridgehead atoms. The summed E-state index contributed by atoms with van der Waals surface area (Å²) in [6.07, 6.45) is 6.25. The van der Waals surface area contributed by atoms with Gasteiger partial charge in [0.1, 0.15) is 0 Å². The molecule has 0 aromatic rings. The normalized spacial score (nSPS) is 31.8. The molecule has 0 heterocycles. The summed E-state index contributed by atoms with van der Waals surface area (Å²) in [5.41, 5.74) is -0.984. The summed E-state index contributed by atoms with van der Waals surface area (Å²) in [6.45, 7) is 4.75. The molecule has 1 saturated carbocycles. The minimum atomic E-state index is -0.984. The first kappa shape index (κ1) is 11.4. The van der Waals surface area contributed by atoms with Gasteiger partial charge in [-0.15, -0.1) is 0 Å². The fraction of sp³-hybridized carbons (Fsp3) is 0.692. The van der Waals surface area contributed by atoms with Gasteiger partial charge in [-0.05, 0) is 45.4 Å². The van der Waals surface area contributed by atoms with Gasteiger partial charge in [0.2, 0.25) is 0 Å². The second-order valence-electron chi connectivity index (χ2n) is 5.37. The predicted molar refractivity (Wildman–Crippen MR) is 59.7 cm³/mol. The molecular formula is C13H18O3. The molecule has 3 atom stereocenters. The van der Waals surface area contributed by atoms with Crippen LogP contribution in [-0.2, 0) is 14.3 Å². The number of carbonyl (C=O) groups excluding carboxylic acids is 2. The number of ether oxygens (including phenoxy) is 1. The van der Waals surface area contributed by atoms with Gasteiger partial charge in [-0.3, -0.25) is 9.59 Å². The number of fused-ring (bicyclic) bond motifs is 2. The number of ketones is 1. The zero-order valence-corrected chi connectivity index (χ0v) is 10.0. The molecule has 2 aliphatic rings. The monoisotopic (exact) mass is 222 g/mol. The van der Waals surface area contributed by atoms with E-state index in [4.69, 9.17) is 4.74 Å². The minimum absolute atomic E-state index is 0.0337. The number of rotatable bonds is 3. The molecular weight excluding hydrogens is 204 g/mol. The summed E-state index contributed by atoms with van der Waals surface area (Å²) in [5, 5.41) is 0. The van der Waals surface area contributed by atoms with Crippen LogP contribution in [0.2, 0.25) is 0 Å². The third-order valence-electron chi connectivity index (χ3n) is 3.79. The van der Waals surface area contributed by atoms with Crippen molar-refractivity contribution in [1.29, 1.82) is 0 Å². The lowest BCUT2D eigenvalue weighted by molar-refractivity contribution is -0.167. The molecule has 0 amide bonds. The molecule has 1 fully saturated rings. The molecule has 16 heavy (non-hydrogen) atoms. The first-order valence-corrected chi connectivity index (χ1v) is 5.82. The lowest BCUT2D eigenvalue weighted by Gasteiger charge is -2.25. The molecule has 0 aliphatic heterocycles. The fourth-order valence-corrected chi connectivity index (χ4v) is 2.45. The van der Waals surface area contributed by atoms with E-state index < -0.39 is 5.60 Å². The Kier molecular flexibility index (Phi) is 2.64. The highest BCUT2D eigenvalue weighted by atomic mass is 16.6. The minimum Gasteiger partial charge on any atom is -0.451 e. The van der Waals surface area contributed by atoms with Crippen molar-refractivity contribution in [3.05, 3.63) is 12.2 Å². The van der Waals surface area contributed by atoms with Crippen LogP contribution in [0.25, 0.3) is 0 Å². The smallest absolute Gasteiger partial charge is 0.310 e. The highest BCUT2D eigenvalue weighted by Crippen LogP contribution is 2.44. The van der Waals surface area contributed by atoms with E-state index in [1.54, 1.807) is 13.8 Å². The van der Waals surface area contributed by atoms with E-state index in [0.717, 1.165) is 12.8 Å². The van der Waals surface area contributed by atoms with E-state index in [1.165, 1.54) is 6.92 Å². The number of esters is 1. The van der Waals surface area contributed by atoms with Gasteiger partial charge < -0.3 is 4.74 Å². The third kappa shape index (κ3) is 1.91. The van der Waals surface area contributed by atoms with Crippen LogP contribution in [0.15, 0.2) is 12.2 Å². The van der Waals surface area contributed by atoms with Crippen LogP contribution >= 0.6 is 0 Å². The van der Waals surface area contributed by atoms with Crippen molar-refractivity contribution in [3.8, 4) is 0 Å². The summed E-state index contributed by atoms with van der Waals surface area (Å²) >= 11 is 0. The number of Topliss-reactive ketones (excluding diaryl/α,β-unsaturated/α-hetero) is 1. The Morgan fingerprint density at radius 3 is 2.38 bits per heavy atom. The van der Waals surface area contributed by atoms with Crippen LogP contribution < -0.4 is 0 Å². The second-order valence-corrected chi connectivity index (χ2v) is 5.37. The van der Waals surface area contributed by atoms with Crippen molar-refractivity contribution in [2.24, 2.45) is 17.8 Å². The summed E-state index contributed by atoms with van der Waals surface area (Å²) in [6, 6.07) is 0. The quantitative estimate of drug-likeness (QED) is 0.542. The molecule has 0 aromatic heterocycles. The van der Waals surface area contributed by atoms with E-state index in [0.29, 0.717) is 11.8 Å². The maximum absolute atomic E-state index is 11.9. The van der Waals surface area contributed by atoms with Gasteiger partial charge >= 0.3 is 5.97 Å². The van der Waals surface area contributed by atoms with E-state index >= 15 is 0 Å². The van der Waals surface area contributed by atoms with Crippen molar-refractivity contribution in [1.82, 2.24) is 0 Å². The topological polar surface area (TPSA) is 43.4 Å². The molecule has 0 saturated heterocycles. The Hall–Kier alpha value is -1.12. The molecule has 0 spiro atoms. The number of hydrogen-bond acceptors (Lipinski definition) is 3. The van der Waals surface area contributed by atoms with Crippen LogP contribution in [-0.4, -0.2) is 17.4 Å². The SMILES string of the molecule is CC(=O)C(C)(C)OC(=O)C1CC2C=CC1C2. The zero-order chi connectivity index (χ0) is 11.9. The second kappa shape index (κ2) is 3.72. The van der Waals surface area contributed by atoms with Crippen molar-refractivity contribution < 1.29 is 14.3 Å². The van der Waals surface area contributed by atoms with Crippen molar-refractivity contribution in [2.75, 3.05) is 0 Å². The van der Waals surface area contributed by atoms with E-state index in [1.807, 2.05) is 0 Å². The van der Waals surface area contributed by atoms with Crippen LogP contribution in [0, 0.1) is 17.8 Å². The molecule has 2 aliphatic carbocycles. The highest BCUT2D eigenvalue weighted by Gasteiger charge is 2.42. The summed E-state index contributed by atoms with van der Waals surface area (Å²) in [4.78, 5) is 23.2. The molecule has 3 heteroatoms. The van der Waals surface area contributed by atoms with Crippen molar-refractivity contribution in [2.45, 2.75) is 39.2 Å². The first-order valence-electron chi connectivity index (χ1n) is 5.82. The summed E-state index contributed by atoms with van der Waals surface area (Å²) in [7, 11) is 0. The van der Waals surface area contributed by atoms with Crippen LogP contribution in [0.5, 0.6) is 0 Å². The number of allylic oxidation sites excluding steroid dienone is 2. The molecule has 0 radical (unpaired) electrons. The number of hydrogen-bond donors (Lipinski definition) is 0. The zero-order valence-electron chi connectivity index (χ0n) is 10.0. The fourth-order valence-electron chi connectivity index (χ4n) is 2.45. The Morgan fingerprint density at radius 2 is 1.94 bits per heavy atom. The lowest BCUT2D eigenvalue weighted by Crippen LogP contribution is -2.38. The summed E-state index contributed by atoms with van der Waals surface area (Å²) < 4.78 is 5.31. The first-order chi connectivity index (χ1) is 7.40. The Balaban J connectivity index is 1.99. The maximum atomic E-state index is 11.9. The summed E-state index contributed by atoms with van der Waals surface area (Å²) in [5.74, 6) is 0.522. The third-order valence-corrected chi connectivity index (χ3v) is 3.79. The van der Waals surface area contributed by atoms with E-state index in [9.17, 15) is 9.59 Å². The van der Waals surface area contributed by atoms with Gasteiger partial charge in [0.25, 0.3) is 0 Å². The molecule has 0 aromatic carbocycles. The average molecular weight is 222 g/mol. The van der Waals surface area contributed by atoms with Gasteiger partial charge in [0.05, 0.1) is 5.92 Å². The van der Waals surface area contributed by atoms with Gasteiger partial charge in [-0.25, -0.2) is 0 Å². The highest BCUT2D eigenvalue weighted by molar-refractivity contribution is 5.87. The molecule has 0 N–H and O–H groups in total. The van der Waals surface area contributed by atoms with Crippen LogP contribution in [0.4, 0.5) is 0 Å². The Morgan fingerprint density at radius 1 is 1.25 bits per heavy atom. The van der Waals surface area contributed by atoms with Crippen molar-refractivity contribution >= 4 is 11.8 Å². The lowest BCUT2D eigenvalue weighted by atomic mass is 9.93. The predicted octanol–water partition coefficient (Wildman–Crippen LogP) is 2.11. The van der Waals surface area contributed by atoms with Gasteiger partial charge in [0.15, 0.2) is 11.4 Å². The van der Waals surface area contributed by atoms with E-state index in [-0.39, 0.29) is 17.7 Å². The molecule has 3 unspecified atom stereocenters. The Bertz CT molecular complexity index is 354. The van der Waals surface area contributed by atoms with Gasteiger partial charge in [0, 0.05) is 0 Å². The largest absolute Gasteiger partial charge is 0.451 e. The van der Waals surface area contributed by atoms with Crippen molar-refractivity contribution in [3.63, 3.8) is 0 Å². The standard InChI is InChI=1S/C13H18O3/c1-8(14)13(2,3)16-12(15)11-7-9-4-5-10(11)6-9/h4-5,9-11H,6-7H2,1-3H3. The van der Waals surface area contributed by atoms with Crippen LogP contribution in [0.1, 0.15) is 33.6 Å². The Labute approximate surface area is 95.9 Å². The molecule has 3 nitrogen and oxygen atoms in total. The molecule has 2 rings (SSSR count). The maximum Gasteiger partial charge on any atom is 0.310 e. The van der Waals surface area contributed by atoms with Gasteiger partial charge in [-0.2, -0.15) is 0 Å². The average Bonchev–Trinajstić information content (AvgIpc) is 2.77.